The first-order chi connectivity index (χ1) is 8.56. The molecule has 0 N–H and O–H groups in total. The number of benzene rings is 1. The van der Waals surface area contributed by atoms with Gasteiger partial charge in [-0.05, 0) is 19.1 Å². The summed E-state index contributed by atoms with van der Waals surface area (Å²) in [5.41, 5.74) is 1.65. The van der Waals surface area contributed by atoms with Crippen molar-refractivity contribution in [3.8, 4) is 0 Å². The Balaban J connectivity index is 2.08. The van der Waals surface area contributed by atoms with Crippen molar-refractivity contribution in [3.05, 3.63) is 56.7 Å². The summed E-state index contributed by atoms with van der Waals surface area (Å²) in [5.74, 6) is -0.345. The molecule has 2 rings (SSSR count). The van der Waals surface area contributed by atoms with Crippen molar-refractivity contribution in [1.29, 1.82) is 0 Å². The summed E-state index contributed by atoms with van der Waals surface area (Å²) in [7, 11) is 0. The van der Waals surface area contributed by atoms with E-state index in [0.29, 0.717) is 14.8 Å². The van der Waals surface area contributed by atoms with Crippen LogP contribution in [0.15, 0.2) is 36.4 Å². The lowest BCUT2D eigenvalue weighted by Gasteiger charge is -2.00. The Bertz CT molecular complexity index is 584. The van der Waals surface area contributed by atoms with E-state index in [1.54, 1.807) is 24.3 Å². The highest BCUT2D eigenvalue weighted by atomic mass is 35.5. The number of halogens is 1. The van der Waals surface area contributed by atoms with Gasteiger partial charge in [-0.2, -0.15) is 0 Å². The zero-order valence-electron chi connectivity index (χ0n) is 9.77. The molecule has 0 atom stereocenters. The molecule has 0 saturated heterocycles. The van der Waals surface area contributed by atoms with Crippen LogP contribution < -0.4 is 0 Å². The van der Waals surface area contributed by atoms with E-state index in [1.807, 2.05) is 19.1 Å². The third kappa shape index (κ3) is 3.06. The number of carbonyl (C=O) groups is 2. The fourth-order valence-electron chi connectivity index (χ4n) is 1.54. The average Bonchev–Trinajstić information content (AvgIpc) is 2.76. The van der Waals surface area contributed by atoms with Crippen molar-refractivity contribution < 1.29 is 9.59 Å². The molecule has 1 aromatic heterocycles. The summed E-state index contributed by atoms with van der Waals surface area (Å²) in [6.07, 6.45) is -0.111. The lowest BCUT2D eigenvalue weighted by molar-refractivity contribution is 0.0896. The predicted octanol–water partition coefficient (Wildman–Crippen LogP) is 4.17. The minimum absolute atomic E-state index is 0.111. The van der Waals surface area contributed by atoms with Gasteiger partial charge in [0.1, 0.15) is 0 Å². The molecular formula is C14H11ClO2S. The van der Waals surface area contributed by atoms with Gasteiger partial charge in [-0.25, -0.2) is 0 Å². The Labute approximate surface area is 114 Å². The molecule has 0 aliphatic carbocycles. The number of carbonyl (C=O) groups excluding carboxylic acids is 2. The summed E-state index contributed by atoms with van der Waals surface area (Å²) in [6, 6.07) is 10.5. The monoisotopic (exact) mass is 278 g/mol. The van der Waals surface area contributed by atoms with E-state index in [4.69, 9.17) is 11.6 Å². The lowest BCUT2D eigenvalue weighted by atomic mass is 10.0. The number of ketones is 2. The van der Waals surface area contributed by atoms with Gasteiger partial charge in [0, 0.05) is 5.56 Å². The highest BCUT2D eigenvalue weighted by Gasteiger charge is 2.15. The molecule has 0 aliphatic heterocycles. The molecule has 4 heteroatoms. The summed E-state index contributed by atoms with van der Waals surface area (Å²) >= 11 is 6.96. The third-order valence-electron chi connectivity index (χ3n) is 2.54. The first-order valence-electron chi connectivity index (χ1n) is 5.44. The van der Waals surface area contributed by atoms with Gasteiger partial charge in [0.05, 0.1) is 15.6 Å². The van der Waals surface area contributed by atoms with Crippen LogP contribution in [0, 0.1) is 6.92 Å². The van der Waals surface area contributed by atoms with Gasteiger partial charge < -0.3 is 0 Å². The number of aryl methyl sites for hydroxylation is 1. The second-order valence-corrected chi connectivity index (χ2v) is 5.71. The van der Waals surface area contributed by atoms with E-state index in [1.165, 1.54) is 11.3 Å². The average molecular weight is 279 g/mol. The first kappa shape index (κ1) is 13.0. The van der Waals surface area contributed by atoms with Crippen LogP contribution in [0.25, 0.3) is 0 Å². The van der Waals surface area contributed by atoms with Gasteiger partial charge in [0.25, 0.3) is 0 Å². The molecule has 0 unspecified atom stereocenters. The minimum atomic E-state index is -0.183. The summed E-state index contributed by atoms with van der Waals surface area (Å²) in [4.78, 5) is 24.3. The zero-order chi connectivity index (χ0) is 13.1. The molecule has 2 nitrogen and oxygen atoms in total. The summed E-state index contributed by atoms with van der Waals surface area (Å²) in [6.45, 7) is 1.95. The smallest absolute Gasteiger partial charge is 0.180 e. The molecule has 0 radical (unpaired) electrons. The lowest BCUT2D eigenvalue weighted by Crippen LogP contribution is -2.07. The Kier molecular flexibility index (Phi) is 3.94. The molecule has 0 amide bonds. The van der Waals surface area contributed by atoms with E-state index in [-0.39, 0.29) is 18.0 Å². The number of thiophene rings is 1. The molecule has 1 heterocycles. The molecular weight excluding hydrogens is 268 g/mol. The van der Waals surface area contributed by atoms with Gasteiger partial charge in [-0.3, -0.25) is 9.59 Å². The maximum absolute atomic E-state index is 11.9. The molecule has 0 bridgehead atoms. The zero-order valence-corrected chi connectivity index (χ0v) is 11.3. The summed E-state index contributed by atoms with van der Waals surface area (Å²) in [5, 5.41) is 0. The van der Waals surface area contributed by atoms with Crippen molar-refractivity contribution in [1.82, 2.24) is 0 Å². The Morgan fingerprint density at radius 3 is 2.28 bits per heavy atom. The molecule has 18 heavy (non-hydrogen) atoms. The number of hydrogen-bond acceptors (Lipinski definition) is 3. The largest absolute Gasteiger partial charge is 0.294 e. The minimum Gasteiger partial charge on any atom is -0.294 e. The maximum Gasteiger partial charge on any atom is 0.180 e. The molecule has 0 fully saturated rings. The fourth-order valence-corrected chi connectivity index (χ4v) is 2.52. The molecule has 2 aromatic rings. The Morgan fingerprint density at radius 2 is 1.72 bits per heavy atom. The van der Waals surface area contributed by atoms with E-state index < -0.39 is 0 Å². The van der Waals surface area contributed by atoms with E-state index in [9.17, 15) is 9.59 Å². The molecule has 0 aliphatic rings. The number of Topliss-reactive ketones (excluding diaryl/α,β-unsaturated/α-hetero) is 2. The third-order valence-corrected chi connectivity index (χ3v) is 3.81. The van der Waals surface area contributed by atoms with Crippen LogP contribution in [0.2, 0.25) is 4.34 Å². The quantitative estimate of drug-likeness (QED) is 0.621. The van der Waals surface area contributed by atoms with Crippen LogP contribution in [-0.2, 0) is 0 Å². The van der Waals surface area contributed by atoms with Crippen LogP contribution in [-0.4, -0.2) is 11.6 Å². The Hall–Kier alpha value is -1.45. The molecule has 0 spiro atoms. The van der Waals surface area contributed by atoms with Crippen LogP contribution in [0.3, 0.4) is 0 Å². The molecule has 92 valence electrons. The van der Waals surface area contributed by atoms with Gasteiger partial charge >= 0.3 is 0 Å². The van der Waals surface area contributed by atoms with Crippen molar-refractivity contribution in [3.63, 3.8) is 0 Å². The molecule has 0 saturated carbocycles. The SMILES string of the molecule is Cc1ccc(C(=O)CC(=O)c2ccc(Cl)s2)cc1. The number of rotatable bonds is 4. The van der Waals surface area contributed by atoms with Crippen LogP contribution in [0.5, 0.6) is 0 Å². The van der Waals surface area contributed by atoms with E-state index in [0.717, 1.165) is 5.56 Å². The maximum atomic E-state index is 11.9. The highest BCUT2D eigenvalue weighted by Crippen LogP contribution is 2.23. The second-order valence-electron chi connectivity index (χ2n) is 3.99. The van der Waals surface area contributed by atoms with Gasteiger partial charge in [-0.15, -0.1) is 11.3 Å². The van der Waals surface area contributed by atoms with E-state index >= 15 is 0 Å². The first-order valence-corrected chi connectivity index (χ1v) is 6.64. The van der Waals surface area contributed by atoms with Gasteiger partial charge in [-0.1, -0.05) is 41.4 Å². The predicted molar refractivity (Wildman–Crippen MR) is 73.8 cm³/mol. The van der Waals surface area contributed by atoms with Crippen LogP contribution in [0.1, 0.15) is 32.0 Å². The van der Waals surface area contributed by atoms with Crippen molar-refractivity contribution in [2.75, 3.05) is 0 Å². The topological polar surface area (TPSA) is 34.1 Å². The second kappa shape index (κ2) is 5.46. The van der Waals surface area contributed by atoms with Crippen LogP contribution >= 0.6 is 22.9 Å². The standard InChI is InChI=1S/C14H11ClO2S/c1-9-2-4-10(5-3-9)11(16)8-12(17)13-6-7-14(15)18-13/h2-7H,8H2,1H3. The number of hydrogen-bond donors (Lipinski definition) is 0. The Morgan fingerprint density at radius 1 is 1.06 bits per heavy atom. The van der Waals surface area contributed by atoms with Gasteiger partial charge in [0.2, 0.25) is 0 Å². The van der Waals surface area contributed by atoms with Crippen molar-refractivity contribution in [2.45, 2.75) is 13.3 Å². The van der Waals surface area contributed by atoms with Gasteiger partial charge in [0.15, 0.2) is 11.6 Å². The van der Waals surface area contributed by atoms with Crippen LogP contribution in [0.4, 0.5) is 0 Å². The van der Waals surface area contributed by atoms with Crippen molar-refractivity contribution >= 4 is 34.5 Å². The van der Waals surface area contributed by atoms with E-state index in [2.05, 4.69) is 0 Å². The summed E-state index contributed by atoms with van der Waals surface area (Å²) < 4.78 is 0.557. The normalized spacial score (nSPS) is 10.3. The highest BCUT2D eigenvalue weighted by molar-refractivity contribution is 7.18. The fraction of sp³-hybridized carbons (Fsp3) is 0.143. The molecule has 1 aromatic carbocycles. The van der Waals surface area contributed by atoms with Crippen molar-refractivity contribution in [2.24, 2.45) is 0 Å².